The van der Waals surface area contributed by atoms with Crippen LogP contribution in [0, 0.1) is 6.92 Å². The van der Waals surface area contributed by atoms with Gasteiger partial charge in [0.05, 0.1) is 10.5 Å². The number of rotatable bonds is 4. The molecule has 1 heterocycles. The summed E-state index contributed by atoms with van der Waals surface area (Å²) in [5.74, 6) is 0.791. The van der Waals surface area contributed by atoms with Gasteiger partial charge in [0, 0.05) is 16.7 Å². The average molecular weight is 453 g/mol. The number of halogens is 3. The van der Waals surface area contributed by atoms with Gasteiger partial charge < -0.3 is 15.5 Å². The highest BCUT2D eigenvalue weighted by Crippen LogP contribution is 2.31. The Labute approximate surface area is 137 Å². The standard InChI is InChI=1S/C13H13Br3N2O/c1-7-2-8(14)4-9(3-7)18-11(6-17)12-5-10(15)13(16)19-12/h2-5,11,18H,6,17H2,1H3. The van der Waals surface area contributed by atoms with Crippen molar-refractivity contribution in [3.05, 3.63) is 49.2 Å². The van der Waals surface area contributed by atoms with Crippen molar-refractivity contribution in [2.24, 2.45) is 5.73 Å². The van der Waals surface area contributed by atoms with E-state index in [1.807, 2.05) is 19.1 Å². The minimum atomic E-state index is -0.0729. The highest BCUT2D eigenvalue weighted by atomic mass is 79.9. The van der Waals surface area contributed by atoms with E-state index >= 15 is 0 Å². The molecular formula is C13H13Br3N2O. The molecular weight excluding hydrogens is 440 g/mol. The van der Waals surface area contributed by atoms with Gasteiger partial charge in [0.2, 0.25) is 0 Å². The van der Waals surface area contributed by atoms with E-state index in [4.69, 9.17) is 10.2 Å². The van der Waals surface area contributed by atoms with Crippen LogP contribution in [0.2, 0.25) is 0 Å². The van der Waals surface area contributed by atoms with E-state index in [0.29, 0.717) is 11.2 Å². The zero-order valence-electron chi connectivity index (χ0n) is 10.2. The van der Waals surface area contributed by atoms with Crippen molar-refractivity contribution in [1.82, 2.24) is 0 Å². The maximum absolute atomic E-state index is 5.82. The van der Waals surface area contributed by atoms with Crippen molar-refractivity contribution in [3.8, 4) is 0 Å². The molecule has 3 nitrogen and oxygen atoms in total. The van der Waals surface area contributed by atoms with Crippen molar-refractivity contribution in [2.45, 2.75) is 13.0 Å². The van der Waals surface area contributed by atoms with Gasteiger partial charge in [-0.1, -0.05) is 15.9 Å². The number of nitrogens with two attached hydrogens (primary N) is 1. The number of hydrogen-bond donors (Lipinski definition) is 2. The summed E-state index contributed by atoms with van der Waals surface area (Å²) < 4.78 is 8.21. The average Bonchev–Trinajstić information content (AvgIpc) is 2.65. The van der Waals surface area contributed by atoms with Gasteiger partial charge in [0.15, 0.2) is 4.67 Å². The fourth-order valence-corrected chi connectivity index (χ4v) is 3.02. The van der Waals surface area contributed by atoms with Crippen molar-refractivity contribution in [2.75, 3.05) is 11.9 Å². The van der Waals surface area contributed by atoms with E-state index in [0.717, 1.165) is 20.4 Å². The Bertz CT molecular complexity index is 544. The number of benzene rings is 1. The molecule has 6 heteroatoms. The SMILES string of the molecule is Cc1cc(Br)cc(NC(CN)c2cc(Br)c(Br)o2)c1. The molecule has 0 bridgehead atoms. The molecule has 0 aliphatic carbocycles. The second-order valence-corrected chi connectivity index (χ2v) is 6.71. The van der Waals surface area contributed by atoms with Gasteiger partial charge in [-0.3, -0.25) is 0 Å². The van der Waals surface area contributed by atoms with Crippen LogP contribution in [0.15, 0.2) is 42.3 Å². The van der Waals surface area contributed by atoms with Crippen molar-refractivity contribution in [3.63, 3.8) is 0 Å². The van der Waals surface area contributed by atoms with Gasteiger partial charge in [-0.25, -0.2) is 0 Å². The normalized spacial score (nSPS) is 12.5. The molecule has 0 saturated heterocycles. The lowest BCUT2D eigenvalue weighted by atomic mass is 10.2. The van der Waals surface area contributed by atoms with Crippen LogP contribution in [0.3, 0.4) is 0 Å². The van der Waals surface area contributed by atoms with Gasteiger partial charge in [0.25, 0.3) is 0 Å². The first-order valence-corrected chi connectivity index (χ1v) is 8.06. The maximum Gasteiger partial charge on any atom is 0.183 e. The Hall–Kier alpha value is -0.300. The third-order valence-corrected chi connectivity index (χ3v) is 4.79. The van der Waals surface area contributed by atoms with E-state index in [-0.39, 0.29) is 6.04 Å². The molecule has 102 valence electrons. The lowest BCUT2D eigenvalue weighted by Gasteiger charge is -2.16. The lowest BCUT2D eigenvalue weighted by molar-refractivity contribution is 0.462. The minimum absolute atomic E-state index is 0.0729. The van der Waals surface area contributed by atoms with Crippen LogP contribution >= 0.6 is 47.8 Å². The highest BCUT2D eigenvalue weighted by molar-refractivity contribution is 9.13. The van der Waals surface area contributed by atoms with E-state index in [2.05, 4.69) is 65.2 Å². The molecule has 1 aromatic carbocycles. The first-order chi connectivity index (χ1) is 8.99. The maximum atomic E-state index is 5.82. The number of furan rings is 1. The first kappa shape index (κ1) is 15.1. The van der Waals surface area contributed by atoms with Gasteiger partial charge in [-0.2, -0.15) is 0 Å². The van der Waals surface area contributed by atoms with Crippen LogP contribution in [0.25, 0.3) is 0 Å². The predicted octanol–water partition coefficient (Wildman–Crippen LogP) is 4.99. The summed E-state index contributed by atoms with van der Waals surface area (Å²) in [5.41, 5.74) is 8.00. The monoisotopic (exact) mass is 450 g/mol. The fraction of sp³-hybridized carbons (Fsp3) is 0.231. The summed E-state index contributed by atoms with van der Waals surface area (Å²) in [6.07, 6.45) is 0. The highest BCUT2D eigenvalue weighted by Gasteiger charge is 2.16. The van der Waals surface area contributed by atoms with E-state index in [1.54, 1.807) is 0 Å². The molecule has 1 aromatic heterocycles. The lowest BCUT2D eigenvalue weighted by Crippen LogP contribution is -2.20. The Morgan fingerprint density at radius 2 is 1.95 bits per heavy atom. The largest absolute Gasteiger partial charge is 0.451 e. The first-order valence-electron chi connectivity index (χ1n) is 5.68. The molecule has 0 amide bonds. The summed E-state index contributed by atoms with van der Waals surface area (Å²) in [4.78, 5) is 0. The number of anilines is 1. The number of aryl methyl sites for hydroxylation is 1. The van der Waals surface area contributed by atoms with Crippen LogP contribution < -0.4 is 11.1 Å². The van der Waals surface area contributed by atoms with E-state index in [1.165, 1.54) is 5.56 Å². The molecule has 1 unspecified atom stereocenters. The Morgan fingerprint density at radius 1 is 1.21 bits per heavy atom. The minimum Gasteiger partial charge on any atom is -0.451 e. The molecule has 3 N–H and O–H groups in total. The Morgan fingerprint density at radius 3 is 2.47 bits per heavy atom. The Balaban J connectivity index is 2.23. The van der Waals surface area contributed by atoms with Gasteiger partial charge in [0.1, 0.15) is 5.76 Å². The molecule has 0 radical (unpaired) electrons. The topological polar surface area (TPSA) is 51.2 Å². The van der Waals surface area contributed by atoms with Crippen LogP contribution in [0.4, 0.5) is 5.69 Å². The van der Waals surface area contributed by atoms with Gasteiger partial charge >= 0.3 is 0 Å². The second kappa shape index (κ2) is 6.43. The molecule has 2 rings (SSSR count). The molecule has 1 atom stereocenters. The zero-order valence-corrected chi connectivity index (χ0v) is 15.0. The molecule has 19 heavy (non-hydrogen) atoms. The Kier molecular flexibility index (Phi) is 5.11. The number of nitrogens with one attached hydrogen (secondary N) is 1. The fourth-order valence-electron chi connectivity index (χ4n) is 1.80. The van der Waals surface area contributed by atoms with Crippen LogP contribution in [0.1, 0.15) is 17.4 Å². The number of hydrogen-bond acceptors (Lipinski definition) is 3. The molecule has 0 aliphatic heterocycles. The van der Waals surface area contributed by atoms with Gasteiger partial charge in [-0.15, -0.1) is 0 Å². The summed E-state index contributed by atoms with van der Waals surface area (Å²) in [7, 11) is 0. The molecule has 2 aromatic rings. The summed E-state index contributed by atoms with van der Waals surface area (Å²) in [6, 6.07) is 7.99. The third-order valence-electron chi connectivity index (χ3n) is 2.63. The van der Waals surface area contributed by atoms with Gasteiger partial charge in [-0.05, 0) is 68.6 Å². The second-order valence-electron chi connectivity index (χ2n) is 4.22. The predicted molar refractivity (Wildman–Crippen MR) is 88.4 cm³/mol. The third kappa shape index (κ3) is 3.84. The molecule has 0 aliphatic rings. The van der Waals surface area contributed by atoms with Crippen molar-refractivity contribution < 1.29 is 4.42 Å². The van der Waals surface area contributed by atoms with E-state index in [9.17, 15) is 0 Å². The molecule has 0 saturated carbocycles. The van der Waals surface area contributed by atoms with Crippen LogP contribution in [-0.2, 0) is 0 Å². The smallest absolute Gasteiger partial charge is 0.183 e. The van der Waals surface area contributed by atoms with Crippen LogP contribution in [-0.4, -0.2) is 6.54 Å². The zero-order chi connectivity index (χ0) is 14.0. The molecule has 0 fully saturated rings. The van der Waals surface area contributed by atoms with Crippen molar-refractivity contribution in [1.29, 1.82) is 0 Å². The summed E-state index contributed by atoms with van der Waals surface area (Å²) in [6.45, 7) is 2.49. The van der Waals surface area contributed by atoms with E-state index < -0.39 is 0 Å². The summed E-state index contributed by atoms with van der Waals surface area (Å²) in [5, 5.41) is 3.38. The summed E-state index contributed by atoms with van der Waals surface area (Å²) >= 11 is 10.2. The quantitative estimate of drug-likeness (QED) is 0.687. The molecule has 0 spiro atoms. The van der Waals surface area contributed by atoms with Crippen molar-refractivity contribution >= 4 is 53.5 Å². The van der Waals surface area contributed by atoms with Crippen LogP contribution in [0.5, 0.6) is 0 Å².